The Hall–Kier alpha value is -0.0800. The van der Waals surface area contributed by atoms with Crippen LogP contribution in [0.2, 0.25) is 0 Å². The van der Waals surface area contributed by atoms with E-state index in [4.69, 9.17) is 0 Å². The molecule has 2 aliphatic rings. The van der Waals surface area contributed by atoms with Gasteiger partial charge in [-0.1, -0.05) is 52.4 Å². The van der Waals surface area contributed by atoms with E-state index < -0.39 is 0 Å². The molecule has 0 amide bonds. The summed E-state index contributed by atoms with van der Waals surface area (Å²) in [6, 6.07) is 1.70. The molecule has 0 atom stereocenters. The maximum atomic E-state index is 2.83. The molecule has 0 radical (unpaired) electrons. The molecular formula is C16H32N2. The molecule has 0 aromatic rings. The average Bonchev–Trinajstić information content (AvgIpc) is 2.46. The van der Waals surface area contributed by atoms with Crippen LogP contribution in [0.1, 0.15) is 78.1 Å². The molecule has 0 spiro atoms. The second-order valence-corrected chi connectivity index (χ2v) is 6.10. The Kier molecular flexibility index (Phi) is 5.97. The van der Waals surface area contributed by atoms with Crippen molar-refractivity contribution in [1.29, 1.82) is 0 Å². The molecule has 0 unspecified atom stereocenters. The fourth-order valence-electron chi connectivity index (χ4n) is 4.00. The maximum Gasteiger partial charge on any atom is 0.0249 e. The van der Waals surface area contributed by atoms with Gasteiger partial charge in [0.2, 0.25) is 0 Å². The fourth-order valence-corrected chi connectivity index (χ4v) is 4.00. The molecular weight excluding hydrogens is 220 g/mol. The van der Waals surface area contributed by atoms with Gasteiger partial charge < -0.3 is 0 Å². The van der Waals surface area contributed by atoms with Crippen molar-refractivity contribution in [2.45, 2.75) is 90.1 Å². The van der Waals surface area contributed by atoms with Gasteiger partial charge in [0.05, 0.1) is 0 Å². The lowest BCUT2D eigenvalue weighted by atomic mass is 9.90. The summed E-state index contributed by atoms with van der Waals surface area (Å²) < 4.78 is 0. The van der Waals surface area contributed by atoms with Gasteiger partial charge in [-0.15, -0.1) is 0 Å². The lowest BCUT2D eigenvalue weighted by molar-refractivity contribution is -0.106. The number of hydrogen-bond acceptors (Lipinski definition) is 2. The van der Waals surface area contributed by atoms with E-state index in [2.05, 4.69) is 23.9 Å². The standard InChI is InChI=1S/C16H32N2/c1-3-17(4-2)18(15-11-7-5-8-12-15)16-13-9-6-10-14-16/h15-16H,3-14H2,1-2H3. The van der Waals surface area contributed by atoms with Gasteiger partial charge in [-0.25, -0.2) is 10.0 Å². The van der Waals surface area contributed by atoms with Crippen LogP contribution in [-0.4, -0.2) is 35.2 Å². The van der Waals surface area contributed by atoms with Crippen LogP contribution in [0.15, 0.2) is 0 Å². The molecule has 2 saturated carbocycles. The van der Waals surface area contributed by atoms with Crippen molar-refractivity contribution in [2.24, 2.45) is 0 Å². The topological polar surface area (TPSA) is 6.48 Å². The lowest BCUT2D eigenvalue weighted by Gasteiger charge is -2.47. The summed E-state index contributed by atoms with van der Waals surface area (Å²) in [6.45, 7) is 7.01. The minimum absolute atomic E-state index is 0.849. The molecule has 2 heteroatoms. The third kappa shape index (κ3) is 3.48. The summed E-state index contributed by atoms with van der Waals surface area (Å²) in [4.78, 5) is 0. The minimum atomic E-state index is 0.849. The first-order valence-electron chi connectivity index (χ1n) is 8.40. The summed E-state index contributed by atoms with van der Waals surface area (Å²) in [5.74, 6) is 0. The van der Waals surface area contributed by atoms with Gasteiger partial charge in [0, 0.05) is 25.2 Å². The second-order valence-electron chi connectivity index (χ2n) is 6.10. The van der Waals surface area contributed by atoms with Crippen LogP contribution in [0.5, 0.6) is 0 Å². The highest BCUT2D eigenvalue weighted by Crippen LogP contribution is 2.31. The Morgan fingerprint density at radius 1 is 0.667 bits per heavy atom. The first-order chi connectivity index (χ1) is 8.86. The Balaban J connectivity index is 2.04. The molecule has 0 N–H and O–H groups in total. The zero-order valence-electron chi connectivity index (χ0n) is 12.5. The summed E-state index contributed by atoms with van der Waals surface area (Å²) in [7, 11) is 0. The van der Waals surface area contributed by atoms with Gasteiger partial charge in [0.25, 0.3) is 0 Å². The van der Waals surface area contributed by atoms with E-state index in [1.165, 1.54) is 77.3 Å². The largest absolute Gasteiger partial charge is 0.242 e. The van der Waals surface area contributed by atoms with E-state index in [1.807, 2.05) is 0 Å². The number of nitrogens with zero attached hydrogens (tertiary/aromatic N) is 2. The highest BCUT2D eigenvalue weighted by molar-refractivity contribution is 4.82. The van der Waals surface area contributed by atoms with E-state index in [0.717, 1.165) is 12.1 Å². The van der Waals surface area contributed by atoms with E-state index in [9.17, 15) is 0 Å². The van der Waals surface area contributed by atoms with Gasteiger partial charge in [0.15, 0.2) is 0 Å². The SMILES string of the molecule is CCN(CC)N(C1CCCCC1)C1CCCCC1. The Morgan fingerprint density at radius 3 is 1.39 bits per heavy atom. The van der Waals surface area contributed by atoms with E-state index in [1.54, 1.807) is 0 Å². The van der Waals surface area contributed by atoms with Crippen molar-refractivity contribution in [3.63, 3.8) is 0 Å². The molecule has 18 heavy (non-hydrogen) atoms. The molecule has 0 saturated heterocycles. The summed E-state index contributed by atoms with van der Waals surface area (Å²) in [6.07, 6.45) is 14.5. The molecule has 0 bridgehead atoms. The molecule has 106 valence electrons. The van der Waals surface area contributed by atoms with Crippen LogP contribution < -0.4 is 0 Å². The highest BCUT2D eigenvalue weighted by Gasteiger charge is 2.31. The summed E-state index contributed by atoms with van der Waals surface area (Å²) >= 11 is 0. The highest BCUT2D eigenvalue weighted by atomic mass is 15.6. The first kappa shape index (κ1) is 14.3. The first-order valence-corrected chi connectivity index (χ1v) is 8.40. The molecule has 2 aliphatic carbocycles. The van der Waals surface area contributed by atoms with Crippen LogP contribution in [0, 0.1) is 0 Å². The van der Waals surface area contributed by atoms with Gasteiger partial charge in [-0.05, 0) is 25.7 Å². The summed E-state index contributed by atoms with van der Waals surface area (Å²) in [5, 5.41) is 5.46. The number of hydrazine groups is 1. The molecule has 0 heterocycles. The normalized spacial score (nSPS) is 24.0. The third-order valence-corrected chi connectivity index (χ3v) is 4.95. The van der Waals surface area contributed by atoms with Gasteiger partial charge >= 0.3 is 0 Å². The molecule has 2 fully saturated rings. The quantitative estimate of drug-likeness (QED) is 0.676. The summed E-state index contributed by atoms with van der Waals surface area (Å²) in [5.41, 5.74) is 0. The van der Waals surface area contributed by atoms with Crippen LogP contribution in [0.4, 0.5) is 0 Å². The van der Waals surface area contributed by atoms with Gasteiger partial charge in [0.1, 0.15) is 0 Å². The van der Waals surface area contributed by atoms with Crippen LogP contribution in [-0.2, 0) is 0 Å². The van der Waals surface area contributed by atoms with Crippen molar-refractivity contribution in [2.75, 3.05) is 13.1 Å². The third-order valence-electron chi connectivity index (χ3n) is 4.95. The minimum Gasteiger partial charge on any atom is -0.242 e. The molecule has 0 aliphatic heterocycles. The Morgan fingerprint density at radius 2 is 1.06 bits per heavy atom. The predicted molar refractivity (Wildman–Crippen MR) is 78.5 cm³/mol. The number of rotatable bonds is 5. The molecule has 0 aromatic carbocycles. The van der Waals surface area contributed by atoms with Crippen LogP contribution >= 0.6 is 0 Å². The fraction of sp³-hybridized carbons (Fsp3) is 1.00. The van der Waals surface area contributed by atoms with E-state index in [-0.39, 0.29) is 0 Å². The van der Waals surface area contributed by atoms with Crippen molar-refractivity contribution < 1.29 is 0 Å². The smallest absolute Gasteiger partial charge is 0.0249 e. The molecule has 0 aromatic heterocycles. The molecule has 2 rings (SSSR count). The van der Waals surface area contributed by atoms with Crippen molar-refractivity contribution in [3.05, 3.63) is 0 Å². The second kappa shape index (κ2) is 7.49. The Labute approximate surface area is 114 Å². The maximum absolute atomic E-state index is 2.83. The Bertz CT molecular complexity index is 195. The van der Waals surface area contributed by atoms with E-state index in [0.29, 0.717) is 0 Å². The van der Waals surface area contributed by atoms with Crippen LogP contribution in [0.3, 0.4) is 0 Å². The van der Waals surface area contributed by atoms with Gasteiger partial charge in [-0.2, -0.15) is 0 Å². The van der Waals surface area contributed by atoms with Crippen molar-refractivity contribution >= 4 is 0 Å². The van der Waals surface area contributed by atoms with E-state index >= 15 is 0 Å². The predicted octanol–water partition coefficient (Wildman–Crippen LogP) is 4.21. The zero-order valence-corrected chi connectivity index (χ0v) is 12.5. The average molecular weight is 252 g/mol. The van der Waals surface area contributed by atoms with Crippen molar-refractivity contribution in [1.82, 2.24) is 10.0 Å². The monoisotopic (exact) mass is 252 g/mol. The zero-order chi connectivity index (χ0) is 12.8. The van der Waals surface area contributed by atoms with Crippen molar-refractivity contribution in [3.8, 4) is 0 Å². The van der Waals surface area contributed by atoms with Gasteiger partial charge in [-0.3, -0.25) is 0 Å². The van der Waals surface area contributed by atoms with Crippen LogP contribution in [0.25, 0.3) is 0 Å². The molecule has 2 nitrogen and oxygen atoms in total. The lowest BCUT2D eigenvalue weighted by Crippen LogP contribution is -2.55. The number of hydrogen-bond donors (Lipinski definition) is 0.